The SMILES string of the molecule is Cc1ccc(C)c(C(O)=C2C(=O)C(=O)N(CCN3CCOCC3)C2c2cccc([N+](=O)[O-])c2)c1. The first kappa shape index (κ1) is 23.6. The van der Waals surface area contributed by atoms with Crippen molar-refractivity contribution < 1.29 is 24.4 Å². The van der Waals surface area contributed by atoms with Gasteiger partial charge < -0.3 is 14.7 Å². The number of nitro benzene ring substituents is 1. The number of Topliss-reactive ketones (excluding diaryl/α,β-unsaturated/α-hetero) is 1. The van der Waals surface area contributed by atoms with Crippen LogP contribution in [0.15, 0.2) is 48.0 Å². The number of aliphatic hydroxyl groups excluding tert-OH is 1. The Hall–Kier alpha value is -3.56. The number of nitro groups is 1. The molecule has 34 heavy (non-hydrogen) atoms. The summed E-state index contributed by atoms with van der Waals surface area (Å²) < 4.78 is 5.37. The normalized spacial score (nSPS) is 20.6. The zero-order chi connectivity index (χ0) is 24.4. The quantitative estimate of drug-likeness (QED) is 0.229. The number of ketones is 1. The Labute approximate surface area is 197 Å². The van der Waals surface area contributed by atoms with Gasteiger partial charge in [-0.2, -0.15) is 0 Å². The van der Waals surface area contributed by atoms with Gasteiger partial charge >= 0.3 is 0 Å². The zero-order valence-corrected chi connectivity index (χ0v) is 19.2. The van der Waals surface area contributed by atoms with Crippen LogP contribution in [-0.2, 0) is 14.3 Å². The maximum absolute atomic E-state index is 13.2. The third kappa shape index (κ3) is 4.57. The van der Waals surface area contributed by atoms with E-state index in [0.29, 0.717) is 44.0 Å². The van der Waals surface area contributed by atoms with Crippen molar-refractivity contribution in [1.29, 1.82) is 0 Å². The molecule has 2 aromatic carbocycles. The topological polar surface area (TPSA) is 113 Å². The highest BCUT2D eigenvalue weighted by Crippen LogP contribution is 2.40. The van der Waals surface area contributed by atoms with E-state index < -0.39 is 22.7 Å². The zero-order valence-electron chi connectivity index (χ0n) is 19.2. The second-order valence-electron chi connectivity index (χ2n) is 8.62. The van der Waals surface area contributed by atoms with Gasteiger partial charge in [-0.25, -0.2) is 0 Å². The van der Waals surface area contributed by atoms with Crippen LogP contribution in [0.3, 0.4) is 0 Å². The van der Waals surface area contributed by atoms with Gasteiger partial charge in [-0.3, -0.25) is 24.6 Å². The fourth-order valence-electron chi connectivity index (χ4n) is 4.48. The predicted octanol–water partition coefficient (Wildman–Crippen LogP) is 2.97. The van der Waals surface area contributed by atoms with E-state index in [1.165, 1.54) is 23.1 Å². The monoisotopic (exact) mass is 465 g/mol. The van der Waals surface area contributed by atoms with E-state index in [-0.39, 0.29) is 23.6 Å². The molecule has 2 aromatic rings. The number of aliphatic hydroxyl groups is 1. The van der Waals surface area contributed by atoms with Gasteiger partial charge in [0.25, 0.3) is 17.4 Å². The third-order valence-corrected chi connectivity index (χ3v) is 6.35. The van der Waals surface area contributed by atoms with Gasteiger partial charge in [0.15, 0.2) is 0 Å². The van der Waals surface area contributed by atoms with E-state index in [9.17, 15) is 24.8 Å². The van der Waals surface area contributed by atoms with Crippen LogP contribution in [0.4, 0.5) is 5.69 Å². The fraction of sp³-hybridized carbons (Fsp3) is 0.360. The fourth-order valence-corrected chi connectivity index (χ4v) is 4.48. The summed E-state index contributed by atoms with van der Waals surface area (Å²) >= 11 is 0. The van der Waals surface area contributed by atoms with E-state index in [0.717, 1.165) is 11.1 Å². The molecule has 0 spiro atoms. The second-order valence-corrected chi connectivity index (χ2v) is 8.62. The smallest absolute Gasteiger partial charge is 0.295 e. The molecule has 0 aromatic heterocycles. The molecular weight excluding hydrogens is 438 g/mol. The average molecular weight is 466 g/mol. The van der Waals surface area contributed by atoms with Crippen molar-refractivity contribution in [2.75, 3.05) is 39.4 Å². The number of benzene rings is 2. The molecule has 2 fully saturated rings. The standard InChI is InChI=1S/C25H27N3O6/c1-16-6-7-17(2)20(14-16)23(29)21-22(18-4-3-5-19(15-18)28(32)33)27(25(31)24(21)30)9-8-26-10-12-34-13-11-26/h3-7,14-15,22,29H,8-13H2,1-2H3. The molecule has 0 bridgehead atoms. The maximum Gasteiger partial charge on any atom is 0.295 e. The molecule has 2 aliphatic heterocycles. The Balaban J connectivity index is 1.81. The number of non-ortho nitro benzene ring substituents is 1. The highest BCUT2D eigenvalue weighted by atomic mass is 16.6. The molecule has 9 nitrogen and oxygen atoms in total. The number of amides is 1. The molecule has 1 unspecified atom stereocenters. The van der Waals surface area contributed by atoms with Crippen molar-refractivity contribution >= 4 is 23.1 Å². The number of nitrogens with zero attached hydrogens (tertiary/aromatic N) is 3. The summed E-state index contributed by atoms with van der Waals surface area (Å²) in [5.74, 6) is -1.79. The Morgan fingerprint density at radius 3 is 2.56 bits per heavy atom. The van der Waals surface area contributed by atoms with E-state index in [4.69, 9.17) is 4.74 Å². The molecule has 2 heterocycles. The lowest BCUT2D eigenvalue weighted by Crippen LogP contribution is -2.42. The van der Waals surface area contributed by atoms with Gasteiger partial charge in [0.1, 0.15) is 5.76 Å². The van der Waals surface area contributed by atoms with E-state index >= 15 is 0 Å². The van der Waals surface area contributed by atoms with Crippen molar-refractivity contribution in [2.24, 2.45) is 0 Å². The lowest BCUT2D eigenvalue weighted by atomic mass is 9.93. The van der Waals surface area contributed by atoms with Gasteiger partial charge in [0.05, 0.1) is 29.8 Å². The van der Waals surface area contributed by atoms with Crippen LogP contribution in [0.5, 0.6) is 0 Å². The lowest BCUT2D eigenvalue weighted by Gasteiger charge is -2.31. The van der Waals surface area contributed by atoms with Crippen LogP contribution >= 0.6 is 0 Å². The van der Waals surface area contributed by atoms with Crippen LogP contribution in [-0.4, -0.2) is 70.9 Å². The summed E-state index contributed by atoms with van der Waals surface area (Å²) in [7, 11) is 0. The molecule has 0 aliphatic carbocycles. The summed E-state index contributed by atoms with van der Waals surface area (Å²) in [6, 6.07) is 10.4. The van der Waals surface area contributed by atoms with Crippen molar-refractivity contribution in [2.45, 2.75) is 19.9 Å². The van der Waals surface area contributed by atoms with Gasteiger partial charge in [-0.1, -0.05) is 29.8 Å². The Bertz CT molecular complexity index is 1170. The number of morpholine rings is 1. The van der Waals surface area contributed by atoms with Gasteiger partial charge in [0, 0.05) is 43.9 Å². The number of likely N-dealkylation sites (tertiary alicyclic amines) is 1. The molecule has 0 radical (unpaired) electrons. The lowest BCUT2D eigenvalue weighted by molar-refractivity contribution is -0.384. The highest BCUT2D eigenvalue weighted by molar-refractivity contribution is 6.46. The molecule has 2 aliphatic rings. The molecule has 178 valence electrons. The predicted molar refractivity (Wildman–Crippen MR) is 125 cm³/mol. The van der Waals surface area contributed by atoms with E-state index in [1.54, 1.807) is 12.1 Å². The number of carbonyl (C=O) groups is 2. The summed E-state index contributed by atoms with van der Waals surface area (Å²) in [5, 5.41) is 22.7. The number of hydrogen-bond donors (Lipinski definition) is 1. The van der Waals surface area contributed by atoms with Crippen LogP contribution in [0.1, 0.15) is 28.3 Å². The minimum Gasteiger partial charge on any atom is -0.507 e. The molecule has 0 saturated carbocycles. The summed E-state index contributed by atoms with van der Waals surface area (Å²) in [6.07, 6.45) is 0. The first-order chi connectivity index (χ1) is 16.3. The van der Waals surface area contributed by atoms with Gasteiger partial charge in [0.2, 0.25) is 0 Å². The number of ether oxygens (including phenoxy) is 1. The molecule has 1 N–H and O–H groups in total. The summed E-state index contributed by atoms with van der Waals surface area (Å²) in [6.45, 7) is 7.06. The van der Waals surface area contributed by atoms with Crippen molar-refractivity contribution in [3.05, 3.63) is 80.4 Å². The number of aryl methyl sites for hydroxylation is 2. The van der Waals surface area contributed by atoms with Crippen molar-refractivity contribution in [3.8, 4) is 0 Å². The molecule has 9 heteroatoms. The molecule has 1 atom stereocenters. The second kappa shape index (κ2) is 9.74. The molecule has 1 amide bonds. The Kier molecular flexibility index (Phi) is 6.76. The van der Waals surface area contributed by atoms with Gasteiger partial charge in [-0.05, 0) is 31.0 Å². The molecular formula is C25H27N3O6. The minimum absolute atomic E-state index is 0.0545. The Morgan fingerprint density at radius 2 is 1.85 bits per heavy atom. The number of hydrogen-bond acceptors (Lipinski definition) is 7. The summed E-state index contributed by atoms with van der Waals surface area (Å²) in [5.41, 5.74) is 2.30. The van der Waals surface area contributed by atoms with Crippen LogP contribution < -0.4 is 0 Å². The Morgan fingerprint density at radius 1 is 1.12 bits per heavy atom. The average Bonchev–Trinajstić information content (AvgIpc) is 3.09. The van der Waals surface area contributed by atoms with Crippen molar-refractivity contribution in [3.63, 3.8) is 0 Å². The number of rotatable bonds is 6. The molecule has 4 rings (SSSR count). The summed E-state index contributed by atoms with van der Waals surface area (Å²) in [4.78, 5) is 40.8. The molecule has 2 saturated heterocycles. The maximum atomic E-state index is 13.2. The number of carbonyl (C=O) groups excluding carboxylic acids is 2. The largest absolute Gasteiger partial charge is 0.507 e. The minimum atomic E-state index is -0.930. The van der Waals surface area contributed by atoms with Crippen LogP contribution in [0.2, 0.25) is 0 Å². The first-order valence-electron chi connectivity index (χ1n) is 11.2. The highest BCUT2D eigenvalue weighted by Gasteiger charge is 2.46. The third-order valence-electron chi connectivity index (χ3n) is 6.35. The first-order valence-corrected chi connectivity index (χ1v) is 11.2. The van der Waals surface area contributed by atoms with E-state index in [2.05, 4.69) is 4.90 Å². The van der Waals surface area contributed by atoms with Crippen molar-refractivity contribution in [1.82, 2.24) is 9.80 Å². The van der Waals surface area contributed by atoms with E-state index in [1.807, 2.05) is 26.0 Å². The van der Waals surface area contributed by atoms with Crippen LogP contribution in [0.25, 0.3) is 5.76 Å². The van der Waals surface area contributed by atoms with Crippen LogP contribution in [0, 0.1) is 24.0 Å². The van der Waals surface area contributed by atoms with Gasteiger partial charge in [-0.15, -0.1) is 0 Å².